The molecule has 1 aliphatic carbocycles. The molecular formula is C13H13NO. The van der Waals surface area contributed by atoms with Crippen molar-refractivity contribution in [2.24, 2.45) is 5.92 Å². The Kier molecular flexibility index (Phi) is 1.88. The lowest BCUT2D eigenvalue weighted by Gasteiger charge is -2.22. The van der Waals surface area contributed by atoms with Gasteiger partial charge in [0.1, 0.15) is 0 Å². The molecule has 2 aromatic rings. The molecule has 1 heterocycles. The molecule has 15 heavy (non-hydrogen) atoms. The number of aromatic nitrogens is 1. The van der Waals surface area contributed by atoms with E-state index in [0.717, 1.165) is 29.4 Å². The molecule has 76 valence electrons. The second-order valence-corrected chi connectivity index (χ2v) is 4.26. The topological polar surface area (TPSA) is 32.9 Å². The largest absolute Gasteiger partial charge is 0.352 e. The molecule has 1 aromatic carbocycles. The molecule has 1 N–H and O–H groups in total. The fourth-order valence-electron chi connectivity index (χ4n) is 2.10. The highest BCUT2D eigenvalue weighted by Gasteiger charge is 2.27. The van der Waals surface area contributed by atoms with E-state index in [1.54, 1.807) is 0 Å². The van der Waals surface area contributed by atoms with Gasteiger partial charge in [0, 0.05) is 16.8 Å². The summed E-state index contributed by atoms with van der Waals surface area (Å²) < 4.78 is 0. The Morgan fingerprint density at radius 2 is 2.07 bits per heavy atom. The Bertz CT molecular complexity index is 475. The zero-order valence-electron chi connectivity index (χ0n) is 8.49. The number of nitrogens with one attached hydrogen (secondary N) is 1. The van der Waals surface area contributed by atoms with Crippen molar-refractivity contribution in [3.05, 3.63) is 36.0 Å². The number of hydrogen-bond acceptors (Lipinski definition) is 1. The van der Waals surface area contributed by atoms with Crippen LogP contribution in [0.1, 0.15) is 29.8 Å². The predicted octanol–water partition coefficient (Wildman–Crippen LogP) is 3.15. The summed E-state index contributed by atoms with van der Waals surface area (Å²) in [5.74, 6) is 0.565. The SMILES string of the molecule is O=C(c1cc2ccccc2[nH]1)C1CCC1. The first-order chi connectivity index (χ1) is 7.34. The Morgan fingerprint density at radius 3 is 2.73 bits per heavy atom. The summed E-state index contributed by atoms with van der Waals surface area (Å²) in [6.07, 6.45) is 3.33. The molecular weight excluding hydrogens is 186 g/mol. The Hall–Kier alpha value is -1.57. The number of benzene rings is 1. The number of Topliss-reactive ketones (excluding diaryl/α,β-unsaturated/α-hetero) is 1. The van der Waals surface area contributed by atoms with Crippen LogP contribution in [-0.4, -0.2) is 10.8 Å². The van der Waals surface area contributed by atoms with E-state index < -0.39 is 0 Å². The minimum absolute atomic E-state index is 0.276. The highest BCUT2D eigenvalue weighted by molar-refractivity contribution is 6.01. The summed E-state index contributed by atoms with van der Waals surface area (Å²) >= 11 is 0. The number of para-hydroxylation sites is 1. The molecule has 2 nitrogen and oxygen atoms in total. The van der Waals surface area contributed by atoms with Gasteiger partial charge in [0.2, 0.25) is 0 Å². The number of carbonyl (C=O) groups excluding carboxylic acids is 1. The number of ketones is 1. The first-order valence-electron chi connectivity index (χ1n) is 5.46. The molecule has 0 atom stereocenters. The molecule has 0 radical (unpaired) electrons. The Labute approximate surface area is 88.3 Å². The van der Waals surface area contributed by atoms with Crippen LogP contribution in [0.15, 0.2) is 30.3 Å². The van der Waals surface area contributed by atoms with Gasteiger partial charge in [0.15, 0.2) is 5.78 Å². The van der Waals surface area contributed by atoms with Gasteiger partial charge in [-0.3, -0.25) is 4.79 Å². The fourth-order valence-corrected chi connectivity index (χ4v) is 2.10. The lowest BCUT2D eigenvalue weighted by molar-refractivity contribution is 0.0851. The lowest BCUT2D eigenvalue weighted by Crippen LogP contribution is -2.22. The van der Waals surface area contributed by atoms with Crippen LogP contribution >= 0.6 is 0 Å². The molecule has 0 aliphatic heterocycles. The summed E-state index contributed by atoms with van der Waals surface area (Å²) in [5.41, 5.74) is 1.83. The molecule has 1 saturated carbocycles. The van der Waals surface area contributed by atoms with Gasteiger partial charge in [-0.05, 0) is 25.0 Å². The number of hydrogen-bond donors (Lipinski definition) is 1. The second-order valence-electron chi connectivity index (χ2n) is 4.26. The van der Waals surface area contributed by atoms with Crippen molar-refractivity contribution in [3.8, 4) is 0 Å². The van der Waals surface area contributed by atoms with E-state index in [1.165, 1.54) is 6.42 Å². The van der Waals surface area contributed by atoms with Gasteiger partial charge < -0.3 is 4.98 Å². The average molecular weight is 199 g/mol. The standard InChI is InChI=1S/C13H13NO/c15-13(9-5-3-6-9)12-8-10-4-1-2-7-11(10)14-12/h1-2,4,7-9,14H,3,5-6H2. The second kappa shape index (κ2) is 3.23. The van der Waals surface area contributed by atoms with Crippen molar-refractivity contribution in [1.29, 1.82) is 0 Å². The van der Waals surface area contributed by atoms with E-state index in [1.807, 2.05) is 30.3 Å². The van der Waals surface area contributed by atoms with Crippen molar-refractivity contribution in [3.63, 3.8) is 0 Å². The maximum atomic E-state index is 12.0. The normalized spacial score (nSPS) is 16.5. The number of carbonyl (C=O) groups is 1. The molecule has 0 saturated heterocycles. The van der Waals surface area contributed by atoms with E-state index in [9.17, 15) is 4.79 Å². The van der Waals surface area contributed by atoms with E-state index in [2.05, 4.69) is 4.98 Å². The summed E-state index contributed by atoms with van der Waals surface area (Å²) in [6, 6.07) is 9.98. The van der Waals surface area contributed by atoms with Crippen LogP contribution in [-0.2, 0) is 0 Å². The van der Waals surface area contributed by atoms with E-state index >= 15 is 0 Å². The van der Waals surface area contributed by atoms with E-state index in [4.69, 9.17) is 0 Å². The van der Waals surface area contributed by atoms with Crippen molar-refractivity contribution < 1.29 is 4.79 Å². The molecule has 0 amide bonds. The van der Waals surface area contributed by atoms with Gasteiger partial charge in [-0.25, -0.2) is 0 Å². The Balaban J connectivity index is 2.00. The van der Waals surface area contributed by atoms with Crippen LogP contribution in [0.2, 0.25) is 0 Å². The zero-order chi connectivity index (χ0) is 10.3. The number of rotatable bonds is 2. The highest BCUT2D eigenvalue weighted by Crippen LogP contribution is 2.30. The van der Waals surface area contributed by atoms with E-state index in [0.29, 0.717) is 0 Å². The molecule has 1 aromatic heterocycles. The smallest absolute Gasteiger partial charge is 0.182 e. The van der Waals surface area contributed by atoms with Gasteiger partial charge in [0.25, 0.3) is 0 Å². The first kappa shape index (κ1) is 8.72. The molecule has 3 rings (SSSR count). The number of fused-ring (bicyclic) bond motifs is 1. The molecule has 1 fully saturated rings. The van der Waals surface area contributed by atoms with Gasteiger partial charge in [-0.15, -0.1) is 0 Å². The monoisotopic (exact) mass is 199 g/mol. The van der Waals surface area contributed by atoms with Crippen molar-refractivity contribution in [1.82, 2.24) is 4.98 Å². The molecule has 1 aliphatic rings. The highest BCUT2D eigenvalue weighted by atomic mass is 16.1. The fraction of sp³-hybridized carbons (Fsp3) is 0.308. The molecule has 0 unspecified atom stereocenters. The minimum Gasteiger partial charge on any atom is -0.352 e. The van der Waals surface area contributed by atoms with Crippen LogP contribution in [0.3, 0.4) is 0 Å². The Morgan fingerprint density at radius 1 is 1.27 bits per heavy atom. The molecule has 2 heteroatoms. The summed E-state index contributed by atoms with van der Waals surface area (Å²) in [4.78, 5) is 15.2. The van der Waals surface area contributed by atoms with Crippen molar-refractivity contribution >= 4 is 16.7 Å². The number of aromatic amines is 1. The average Bonchev–Trinajstić information content (AvgIpc) is 2.58. The third-order valence-corrected chi connectivity index (χ3v) is 3.27. The zero-order valence-corrected chi connectivity index (χ0v) is 8.49. The predicted molar refractivity (Wildman–Crippen MR) is 60.0 cm³/mol. The van der Waals surface area contributed by atoms with E-state index in [-0.39, 0.29) is 11.7 Å². The minimum atomic E-state index is 0.276. The van der Waals surface area contributed by atoms with Gasteiger partial charge in [0.05, 0.1) is 5.69 Å². The first-order valence-corrected chi connectivity index (χ1v) is 5.46. The summed E-state index contributed by atoms with van der Waals surface area (Å²) in [6.45, 7) is 0. The van der Waals surface area contributed by atoms with Crippen LogP contribution in [0, 0.1) is 5.92 Å². The van der Waals surface area contributed by atoms with Crippen LogP contribution in [0.25, 0.3) is 10.9 Å². The lowest BCUT2D eigenvalue weighted by atomic mass is 9.81. The van der Waals surface area contributed by atoms with Crippen molar-refractivity contribution in [2.75, 3.05) is 0 Å². The van der Waals surface area contributed by atoms with Gasteiger partial charge in [-0.1, -0.05) is 24.6 Å². The molecule has 0 spiro atoms. The third kappa shape index (κ3) is 1.37. The summed E-state index contributed by atoms with van der Waals surface area (Å²) in [7, 11) is 0. The molecule has 0 bridgehead atoms. The van der Waals surface area contributed by atoms with Gasteiger partial charge in [-0.2, -0.15) is 0 Å². The maximum absolute atomic E-state index is 12.0. The van der Waals surface area contributed by atoms with Crippen LogP contribution in [0.4, 0.5) is 0 Å². The van der Waals surface area contributed by atoms with Crippen LogP contribution in [0.5, 0.6) is 0 Å². The quantitative estimate of drug-likeness (QED) is 0.740. The maximum Gasteiger partial charge on any atom is 0.182 e. The van der Waals surface area contributed by atoms with Gasteiger partial charge >= 0.3 is 0 Å². The van der Waals surface area contributed by atoms with Crippen molar-refractivity contribution in [2.45, 2.75) is 19.3 Å². The summed E-state index contributed by atoms with van der Waals surface area (Å²) in [5, 5.41) is 1.13. The van der Waals surface area contributed by atoms with Crippen LogP contribution < -0.4 is 0 Å². The number of H-pyrrole nitrogens is 1. The third-order valence-electron chi connectivity index (χ3n) is 3.27.